The largest absolute Gasteiger partial charge is 0.391 e. The summed E-state index contributed by atoms with van der Waals surface area (Å²) in [5.41, 5.74) is 1.87. The molecule has 1 amide bonds. The molecule has 3 rings (SSSR count). The first kappa shape index (κ1) is 21.5. The molecule has 0 aliphatic carbocycles. The summed E-state index contributed by atoms with van der Waals surface area (Å²) in [5, 5.41) is 19.9. The minimum absolute atomic E-state index is 0.157. The highest BCUT2D eigenvalue weighted by atomic mass is 16.5. The number of aliphatic hydroxyl groups excluding tert-OH is 1. The Hall–Kier alpha value is -2.25. The van der Waals surface area contributed by atoms with Gasteiger partial charge in [-0.3, -0.25) is 4.79 Å². The lowest BCUT2D eigenvalue weighted by Crippen LogP contribution is -2.46. The molecule has 2 aromatic rings. The number of rotatable bonds is 10. The quantitative estimate of drug-likeness (QED) is 0.530. The number of aliphatic hydroxyl groups is 1. The molecular formula is C22H32N4O3. The van der Waals surface area contributed by atoms with Crippen LogP contribution in [0.25, 0.3) is 11.4 Å². The highest BCUT2D eigenvalue weighted by Gasteiger charge is 2.31. The maximum Gasteiger partial charge on any atom is 0.240 e. The van der Waals surface area contributed by atoms with E-state index in [1.54, 1.807) is 0 Å². The average molecular weight is 401 g/mol. The Morgan fingerprint density at radius 2 is 2.03 bits per heavy atom. The third-order valence-electron chi connectivity index (χ3n) is 5.46. The number of nitrogens with zero attached hydrogens (tertiary/aromatic N) is 2. The fourth-order valence-electron chi connectivity index (χ4n) is 3.62. The minimum atomic E-state index is -0.622. The molecule has 1 aliphatic rings. The first-order valence-corrected chi connectivity index (χ1v) is 10.7. The predicted octanol–water partition coefficient (Wildman–Crippen LogP) is 3.15. The Morgan fingerprint density at radius 3 is 2.72 bits per heavy atom. The minimum Gasteiger partial charge on any atom is -0.391 e. The van der Waals surface area contributed by atoms with Crippen molar-refractivity contribution in [2.75, 3.05) is 6.54 Å². The second-order valence-corrected chi connectivity index (χ2v) is 7.82. The lowest BCUT2D eigenvalue weighted by molar-refractivity contribution is -0.125. The highest BCUT2D eigenvalue weighted by Crippen LogP contribution is 2.21. The van der Waals surface area contributed by atoms with Gasteiger partial charge in [0.2, 0.25) is 17.6 Å². The van der Waals surface area contributed by atoms with E-state index in [0.29, 0.717) is 24.7 Å². The molecule has 2 heterocycles. The van der Waals surface area contributed by atoms with Crippen LogP contribution in [0.5, 0.6) is 0 Å². The zero-order valence-electron chi connectivity index (χ0n) is 17.4. The van der Waals surface area contributed by atoms with Crippen LogP contribution in [0.4, 0.5) is 0 Å². The molecule has 3 N–H and O–H groups in total. The van der Waals surface area contributed by atoms with Gasteiger partial charge < -0.3 is 20.3 Å². The zero-order valence-corrected chi connectivity index (χ0v) is 17.4. The van der Waals surface area contributed by atoms with E-state index in [1.807, 2.05) is 31.2 Å². The van der Waals surface area contributed by atoms with Crippen LogP contribution in [0.3, 0.4) is 0 Å². The summed E-state index contributed by atoms with van der Waals surface area (Å²) < 4.78 is 5.37. The molecule has 1 fully saturated rings. The molecule has 158 valence electrons. The molecule has 0 spiro atoms. The molecule has 1 aromatic heterocycles. The van der Waals surface area contributed by atoms with Crippen LogP contribution >= 0.6 is 0 Å². The van der Waals surface area contributed by atoms with Crippen molar-refractivity contribution in [1.29, 1.82) is 0 Å². The number of hydrogen-bond donors (Lipinski definition) is 3. The van der Waals surface area contributed by atoms with Gasteiger partial charge in [-0.25, -0.2) is 0 Å². The SMILES string of the molecule is CCCCCCCc1nc(-c2ccc([C@H](C)NC(=O)[C@H]3NCC[C@@H]3O)cc2)no1. The van der Waals surface area contributed by atoms with Crippen molar-refractivity contribution in [3.8, 4) is 11.4 Å². The van der Waals surface area contributed by atoms with E-state index in [4.69, 9.17) is 4.52 Å². The second kappa shape index (κ2) is 10.5. The van der Waals surface area contributed by atoms with Crippen LogP contribution in [0.15, 0.2) is 28.8 Å². The Morgan fingerprint density at radius 1 is 1.28 bits per heavy atom. The van der Waals surface area contributed by atoms with Crippen LogP contribution in [-0.4, -0.2) is 39.8 Å². The average Bonchev–Trinajstić information content (AvgIpc) is 3.37. The molecule has 7 nitrogen and oxygen atoms in total. The first-order valence-electron chi connectivity index (χ1n) is 10.7. The molecule has 0 saturated carbocycles. The summed E-state index contributed by atoms with van der Waals surface area (Å²) in [5.74, 6) is 1.10. The number of carbonyl (C=O) groups excluding carboxylic acids is 1. The predicted molar refractivity (Wildman–Crippen MR) is 111 cm³/mol. The molecule has 3 atom stereocenters. The first-order chi connectivity index (χ1) is 14.1. The van der Waals surface area contributed by atoms with Crippen molar-refractivity contribution < 1.29 is 14.4 Å². The lowest BCUT2D eigenvalue weighted by Gasteiger charge is -2.19. The van der Waals surface area contributed by atoms with Crippen molar-refractivity contribution in [3.63, 3.8) is 0 Å². The van der Waals surface area contributed by atoms with Gasteiger partial charge in [0, 0.05) is 12.0 Å². The van der Waals surface area contributed by atoms with Crippen molar-refractivity contribution in [1.82, 2.24) is 20.8 Å². The summed E-state index contributed by atoms with van der Waals surface area (Å²) in [6.45, 7) is 4.80. The molecule has 1 aromatic carbocycles. The monoisotopic (exact) mass is 400 g/mol. The molecule has 1 saturated heterocycles. The van der Waals surface area contributed by atoms with E-state index in [0.717, 1.165) is 24.0 Å². The number of nitrogens with one attached hydrogen (secondary N) is 2. The molecular weight excluding hydrogens is 368 g/mol. The summed E-state index contributed by atoms with van der Waals surface area (Å²) in [4.78, 5) is 16.8. The standard InChI is InChI=1S/C22H32N4O3/c1-3-4-5-6-7-8-19-25-21(26-29-19)17-11-9-16(10-12-17)15(2)24-22(28)20-18(27)13-14-23-20/h9-12,15,18,20,23,27H,3-8,13-14H2,1-2H3,(H,24,28)/t15-,18-,20-/m0/s1. The van der Waals surface area contributed by atoms with Crippen molar-refractivity contribution in [3.05, 3.63) is 35.7 Å². The van der Waals surface area contributed by atoms with E-state index in [2.05, 4.69) is 27.7 Å². The maximum atomic E-state index is 12.3. The van der Waals surface area contributed by atoms with Gasteiger partial charge in [0.05, 0.1) is 12.1 Å². The smallest absolute Gasteiger partial charge is 0.240 e. The van der Waals surface area contributed by atoms with Crippen LogP contribution in [-0.2, 0) is 11.2 Å². The number of benzene rings is 1. The van der Waals surface area contributed by atoms with Crippen molar-refractivity contribution in [2.45, 2.75) is 77.0 Å². The van der Waals surface area contributed by atoms with Gasteiger partial charge >= 0.3 is 0 Å². The molecule has 1 aliphatic heterocycles. The fourth-order valence-corrected chi connectivity index (χ4v) is 3.62. The van der Waals surface area contributed by atoms with Gasteiger partial charge in [0.15, 0.2) is 0 Å². The van der Waals surface area contributed by atoms with Crippen LogP contribution < -0.4 is 10.6 Å². The number of unbranched alkanes of at least 4 members (excludes halogenated alkanes) is 4. The number of carbonyl (C=O) groups is 1. The van der Waals surface area contributed by atoms with E-state index in [9.17, 15) is 9.90 Å². The summed E-state index contributed by atoms with van der Waals surface area (Å²) in [6.07, 6.45) is 6.83. The van der Waals surface area contributed by atoms with E-state index in [-0.39, 0.29) is 11.9 Å². The topological polar surface area (TPSA) is 100 Å². The number of hydrogen-bond acceptors (Lipinski definition) is 6. The third-order valence-corrected chi connectivity index (χ3v) is 5.46. The molecule has 0 unspecified atom stereocenters. The van der Waals surface area contributed by atoms with Crippen LogP contribution in [0, 0.1) is 0 Å². The Kier molecular flexibility index (Phi) is 7.77. The molecule has 0 bridgehead atoms. The maximum absolute atomic E-state index is 12.3. The summed E-state index contributed by atoms with van der Waals surface area (Å²) >= 11 is 0. The van der Waals surface area contributed by atoms with Gasteiger partial charge in [0.25, 0.3) is 0 Å². The van der Waals surface area contributed by atoms with Gasteiger partial charge in [-0.2, -0.15) is 4.98 Å². The van der Waals surface area contributed by atoms with Gasteiger partial charge in [-0.15, -0.1) is 0 Å². The van der Waals surface area contributed by atoms with Crippen molar-refractivity contribution in [2.24, 2.45) is 0 Å². The summed E-state index contributed by atoms with van der Waals surface area (Å²) in [7, 11) is 0. The molecule has 29 heavy (non-hydrogen) atoms. The fraction of sp³-hybridized carbons (Fsp3) is 0.591. The molecule has 7 heteroatoms. The van der Waals surface area contributed by atoms with E-state index < -0.39 is 12.1 Å². The van der Waals surface area contributed by atoms with Gasteiger partial charge in [-0.1, -0.05) is 62.0 Å². The highest BCUT2D eigenvalue weighted by molar-refractivity contribution is 5.83. The lowest BCUT2D eigenvalue weighted by atomic mass is 10.0. The van der Waals surface area contributed by atoms with Crippen LogP contribution in [0.1, 0.15) is 69.9 Å². The van der Waals surface area contributed by atoms with Crippen LogP contribution in [0.2, 0.25) is 0 Å². The van der Waals surface area contributed by atoms with Gasteiger partial charge in [-0.05, 0) is 31.9 Å². The zero-order chi connectivity index (χ0) is 20.6. The molecule has 0 radical (unpaired) electrons. The normalized spacial score (nSPS) is 20.0. The van der Waals surface area contributed by atoms with Crippen molar-refractivity contribution >= 4 is 5.91 Å². The second-order valence-electron chi connectivity index (χ2n) is 7.82. The third kappa shape index (κ3) is 5.87. The number of aromatic nitrogens is 2. The summed E-state index contributed by atoms with van der Waals surface area (Å²) in [6, 6.07) is 7.11. The Bertz CT molecular complexity index is 775. The Labute approximate surface area is 172 Å². The van der Waals surface area contributed by atoms with Gasteiger partial charge in [0.1, 0.15) is 6.04 Å². The van der Waals surface area contributed by atoms with E-state index >= 15 is 0 Å². The van der Waals surface area contributed by atoms with E-state index in [1.165, 1.54) is 25.7 Å². The number of amides is 1. The number of aryl methyl sites for hydroxylation is 1. The Balaban J connectivity index is 1.52.